The molecule has 0 bridgehead atoms. The maximum atomic E-state index is 12.5. The number of carbonyl (C=O) groups is 1. The number of hydrogen-bond donors (Lipinski definition) is 3. The highest BCUT2D eigenvalue weighted by Gasteiger charge is 2.21. The highest BCUT2D eigenvalue weighted by atomic mass is 35.5. The molecule has 0 fully saturated rings. The monoisotopic (exact) mass is 364 g/mol. The standard InChI is InChI=1S/C18H24N4O2.ClH/c1-3-4-9-24-13-5-6-15(12(2)10-13)20-18(23)17-14-11-19-8-7-16(14)21-22-17;/h5-6,10,19H,3-4,7-9,11H2,1-2H3,(H,20,23)(H,21,22);1H. The zero-order chi connectivity index (χ0) is 16.9. The van der Waals surface area contributed by atoms with E-state index >= 15 is 0 Å². The Morgan fingerprint density at radius 3 is 3.00 bits per heavy atom. The van der Waals surface area contributed by atoms with Crippen LogP contribution in [0, 0.1) is 6.92 Å². The lowest BCUT2D eigenvalue weighted by atomic mass is 10.1. The zero-order valence-electron chi connectivity index (χ0n) is 14.6. The summed E-state index contributed by atoms with van der Waals surface area (Å²) < 4.78 is 5.70. The SMILES string of the molecule is CCCCOc1ccc(NC(=O)c2n[nH]c3c2CNCC3)c(C)c1.Cl. The summed E-state index contributed by atoms with van der Waals surface area (Å²) in [6, 6.07) is 5.72. The summed E-state index contributed by atoms with van der Waals surface area (Å²) in [5.41, 5.74) is 4.24. The van der Waals surface area contributed by atoms with E-state index in [1.54, 1.807) is 0 Å². The molecule has 2 aromatic rings. The number of halogens is 1. The fraction of sp³-hybridized carbons (Fsp3) is 0.444. The van der Waals surface area contributed by atoms with E-state index in [4.69, 9.17) is 4.74 Å². The molecule has 6 nitrogen and oxygen atoms in total. The van der Waals surface area contributed by atoms with Gasteiger partial charge in [-0.1, -0.05) is 13.3 Å². The van der Waals surface area contributed by atoms with E-state index in [1.165, 1.54) is 0 Å². The molecule has 3 N–H and O–H groups in total. The fourth-order valence-corrected chi connectivity index (χ4v) is 2.80. The van der Waals surface area contributed by atoms with Gasteiger partial charge in [-0.3, -0.25) is 9.89 Å². The van der Waals surface area contributed by atoms with Crippen LogP contribution >= 0.6 is 12.4 Å². The van der Waals surface area contributed by atoms with Crippen molar-refractivity contribution in [3.05, 3.63) is 40.7 Å². The molecule has 3 rings (SSSR count). The van der Waals surface area contributed by atoms with E-state index in [0.717, 1.165) is 54.1 Å². The lowest BCUT2D eigenvalue weighted by Gasteiger charge is -2.14. The van der Waals surface area contributed by atoms with E-state index in [-0.39, 0.29) is 18.3 Å². The summed E-state index contributed by atoms with van der Waals surface area (Å²) in [5, 5.41) is 13.4. The first kappa shape index (κ1) is 19.3. The van der Waals surface area contributed by atoms with Crippen LogP contribution in [-0.4, -0.2) is 29.3 Å². The van der Waals surface area contributed by atoms with Crippen molar-refractivity contribution in [1.29, 1.82) is 0 Å². The van der Waals surface area contributed by atoms with Crippen LogP contribution in [0.1, 0.15) is 47.1 Å². The smallest absolute Gasteiger partial charge is 0.276 e. The molecule has 136 valence electrons. The van der Waals surface area contributed by atoms with Crippen molar-refractivity contribution < 1.29 is 9.53 Å². The topological polar surface area (TPSA) is 79.0 Å². The average molecular weight is 365 g/mol. The largest absolute Gasteiger partial charge is 0.494 e. The molecule has 0 unspecified atom stereocenters. The third kappa shape index (κ3) is 4.52. The van der Waals surface area contributed by atoms with Gasteiger partial charge >= 0.3 is 0 Å². The van der Waals surface area contributed by atoms with Gasteiger partial charge < -0.3 is 15.4 Å². The van der Waals surface area contributed by atoms with Gasteiger partial charge in [0.15, 0.2) is 5.69 Å². The number of benzene rings is 1. The predicted octanol–water partition coefficient (Wildman–Crippen LogP) is 3.22. The number of anilines is 1. The lowest BCUT2D eigenvalue weighted by molar-refractivity contribution is 0.102. The summed E-state index contributed by atoms with van der Waals surface area (Å²) in [6.07, 6.45) is 3.02. The van der Waals surface area contributed by atoms with Crippen LogP contribution < -0.4 is 15.4 Å². The minimum absolute atomic E-state index is 0. The minimum Gasteiger partial charge on any atom is -0.494 e. The van der Waals surface area contributed by atoms with E-state index in [2.05, 4.69) is 27.8 Å². The summed E-state index contributed by atoms with van der Waals surface area (Å²) >= 11 is 0. The average Bonchev–Trinajstić information content (AvgIpc) is 3.01. The Hall–Kier alpha value is -2.05. The number of unbranched alkanes of at least 4 members (excludes halogenated alkanes) is 1. The molecule has 0 aliphatic carbocycles. The fourth-order valence-electron chi connectivity index (χ4n) is 2.80. The molecule has 1 aromatic carbocycles. The second-order valence-corrected chi connectivity index (χ2v) is 6.09. The summed E-state index contributed by atoms with van der Waals surface area (Å²) in [5.74, 6) is 0.652. The maximum absolute atomic E-state index is 12.5. The Morgan fingerprint density at radius 1 is 1.40 bits per heavy atom. The molecular formula is C18H25ClN4O2. The normalized spacial score (nSPS) is 12.9. The second-order valence-electron chi connectivity index (χ2n) is 6.09. The van der Waals surface area contributed by atoms with Gasteiger partial charge in [-0.15, -0.1) is 12.4 Å². The molecule has 1 aromatic heterocycles. The number of rotatable bonds is 6. The number of nitrogens with one attached hydrogen (secondary N) is 3. The van der Waals surface area contributed by atoms with Crippen molar-refractivity contribution >= 4 is 24.0 Å². The minimum atomic E-state index is -0.182. The predicted molar refractivity (Wildman–Crippen MR) is 101 cm³/mol. The van der Waals surface area contributed by atoms with Crippen LogP contribution in [-0.2, 0) is 13.0 Å². The number of H-pyrrole nitrogens is 1. The Bertz CT molecular complexity index is 730. The van der Waals surface area contributed by atoms with Crippen LogP contribution in [0.25, 0.3) is 0 Å². The van der Waals surface area contributed by atoms with E-state index in [1.807, 2.05) is 25.1 Å². The first-order valence-corrected chi connectivity index (χ1v) is 8.50. The molecule has 25 heavy (non-hydrogen) atoms. The number of amides is 1. The van der Waals surface area contributed by atoms with Gasteiger partial charge in [0, 0.05) is 36.5 Å². The van der Waals surface area contributed by atoms with Crippen molar-refractivity contribution in [3.8, 4) is 5.75 Å². The Balaban J connectivity index is 0.00000225. The van der Waals surface area contributed by atoms with Crippen LogP contribution in [0.2, 0.25) is 0 Å². The van der Waals surface area contributed by atoms with Crippen LogP contribution in [0.15, 0.2) is 18.2 Å². The number of carbonyl (C=O) groups excluding carboxylic acids is 1. The Kier molecular flexibility index (Phi) is 6.84. The van der Waals surface area contributed by atoms with Crippen molar-refractivity contribution in [2.24, 2.45) is 0 Å². The number of aromatic amines is 1. The van der Waals surface area contributed by atoms with Crippen LogP contribution in [0.5, 0.6) is 5.75 Å². The Morgan fingerprint density at radius 2 is 2.24 bits per heavy atom. The second kappa shape index (κ2) is 8.87. The van der Waals surface area contributed by atoms with Gasteiger partial charge in [0.05, 0.1) is 6.61 Å². The number of fused-ring (bicyclic) bond motifs is 1. The Labute approximate surface area is 154 Å². The van der Waals surface area contributed by atoms with Crippen molar-refractivity contribution in [3.63, 3.8) is 0 Å². The molecule has 0 spiro atoms. The maximum Gasteiger partial charge on any atom is 0.276 e. The van der Waals surface area contributed by atoms with E-state index in [0.29, 0.717) is 18.8 Å². The number of ether oxygens (including phenoxy) is 1. The summed E-state index contributed by atoms with van der Waals surface area (Å²) in [6.45, 7) is 6.40. The van der Waals surface area contributed by atoms with Gasteiger partial charge in [0.1, 0.15) is 5.75 Å². The lowest BCUT2D eigenvalue weighted by Crippen LogP contribution is -2.25. The van der Waals surface area contributed by atoms with Gasteiger partial charge in [-0.2, -0.15) is 5.10 Å². The van der Waals surface area contributed by atoms with Crippen molar-refractivity contribution in [2.75, 3.05) is 18.5 Å². The number of aryl methyl sites for hydroxylation is 1. The van der Waals surface area contributed by atoms with Crippen LogP contribution in [0.3, 0.4) is 0 Å². The molecular weight excluding hydrogens is 340 g/mol. The molecule has 0 saturated carbocycles. The van der Waals surface area contributed by atoms with Gasteiger partial charge in [-0.05, 0) is 37.1 Å². The molecule has 0 atom stereocenters. The van der Waals surface area contributed by atoms with E-state index < -0.39 is 0 Å². The summed E-state index contributed by atoms with van der Waals surface area (Å²) in [7, 11) is 0. The third-order valence-electron chi connectivity index (χ3n) is 4.23. The highest BCUT2D eigenvalue weighted by molar-refractivity contribution is 6.04. The number of aromatic nitrogens is 2. The number of nitrogens with zero attached hydrogens (tertiary/aromatic N) is 1. The van der Waals surface area contributed by atoms with Gasteiger partial charge in [0.2, 0.25) is 0 Å². The van der Waals surface area contributed by atoms with Crippen molar-refractivity contribution in [1.82, 2.24) is 15.5 Å². The molecule has 1 amide bonds. The van der Waals surface area contributed by atoms with Gasteiger partial charge in [0.25, 0.3) is 5.91 Å². The van der Waals surface area contributed by atoms with E-state index in [9.17, 15) is 4.79 Å². The first-order chi connectivity index (χ1) is 11.7. The molecule has 2 heterocycles. The molecule has 0 saturated heterocycles. The zero-order valence-corrected chi connectivity index (χ0v) is 15.5. The summed E-state index contributed by atoms with van der Waals surface area (Å²) in [4.78, 5) is 12.5. The van der Waals surface area contributed by atoms with Crippen molar-refractivity contribution in [2.45, 2.75) is 39.7 Å². The quantitative estimate of drug-likeness (QED) is 0.687. The number of hydrogen-bond acceptors (Lipinski definition) is 4. The molecule has 1 aliphatic rings. The van der Waals surface area contributed by atoms with Crippen LogP contribution in [0.4, 0.5) is 5.69 Å². The molecule has 0 radical (unpaired) electrons. The molecule has 1 aliphatic heterocycles. The highest BCUT2D eigenvalue weighted by Crippen LogP contribution is 2.23. The van der Waals surface area contributed by atoms with Gasteiger partial charge in [-0.25, -0.2) is 0 Å². The third-order valence-corrected chi connectivity index (χ3v) is 4.23. The first-order valence-electron chi connectivity index (χ1n) is 8.50. The molecule has 7 heteroatoms.